The number of likely N-dealkylation sites (tertiary alicyclic amines) is 1. The molecule has 0 aromatic heterocycles. The van der Waals surface area contributed by atoms with Gasteiger partial charge in [-0.1, -0.05) is 86.7 Å². The molecular formula is C26H27FN2O4. The van der Waals surface area contributed by atoms with Crippen molar-refractivity contribution in [1.82, 2.24) is 9.80 Å². The van der Waals surface area contributed by atoms with Crippen LogP contribution in [0.1, 0.15) is 37.4 Å². The van der Waals surface area contributed by atoms with Crippen molar-refractivity contribution in [2.24, 2.45) is 5.92 Å². The third kappa shape index (κ3) is 4.53. The van der Waals surface area contributed by atoms with E-state index in [2.05, 4.69) is 0 Å². The van der Waals surface area contributed by atoms with Gasteiger partial charge in [0.05, 0.1) is 12.1 Å². The lowest BCUT2D eigenvalue weighted by molar-refractivity contribution is -0.165. The molecule has 0 aliphatic carbocycles. The maximum Gasteiger partial charge on any atom is 0.411 e. The van der Waals surface area contributed by atoms with Crippen molar-refractivity contribution in [1.29, 1.82) is 0 Å². The standard InChI is InChI=1S/C26H27FN2O4/c1-17(2)15-21(24(27)30)28-20(14-13-18-9-5-3-6-10-18)23(25(28)31)29-22(16-33-26(29)32)19-11-7-4-8-12-19/h3-14,17,20-23H,15-16H2,1-2H3/t20?,21-,22+,23?/m0/s1. The number of amides is 2. The highest BCUT2D eigenvalue weighted by molar-refractivity contribution is 5.97. The van der Waals surface area contributed by atoms with E-state index in [4.69, 9.17) is 4.74 Å². The van der Waals surface area contributed by atoms with E-state index < -0.39 is 42.2 Å². The summed E-state index contributed by atoms with van der Waals surface area (Å²) in [5, 5.41) is 0. The number of carbonyl (C=O) groups excluding carboxylic acids is 3. The van der Waals surface area contributed by atoms with Gasteiger partial charge in [0.25, 0.3) is 0 Å². The molecule has 0 bridgehead atoms. The zero-order chi connectivity index (χ0) is 23.5. The molecule has 7 heteroatoms. The van der Waals surface area contributed by atoms with E-state index in [1.807, 2.05) is 80.6 Å². The SMILES string of the molecule is CC(C)C[C@@H](C(=O)F)N1C(=O)C(N2C(=O)OC[C@@H]2c2ccccc2)C1C=Cc1ccccc1. The number of ether oxygens (including phenoxy) is 1. The van der Waals surface area contributed by atoms with Crippen LogP contribution in [0.5, 0.6) is 0 Å². The highest BCUT2D eigenvalue weighted by Gasteiger charge is 2.58. The molecule has 2 aliphatic rings. The number of carbonyl (C=O) groups is 3. The molecule has 2 aromatic rings. The summed E-state index contributed by atoms with van der Waals surface area (Å²) in [7, 11) is 0. The Morgan fingerprint density at radius 3 is 2.33 bits per heavy atom. The summed E-state index contributed by atoms with van der Waals surface area (Å²) >= 11 is 0. The molecule has 2 heterocycles. The van der Waals surface area contributed by atoms with Gasteiger partial charge < -0.3 is 9.64 Å². The number of β-lactam (4-membered cyclic amide) rings is 1. The summed E-state index contributed by atoms with van der Waals surface area (Å²) in [5.41, 5.74) is 1.74. The molecule has 2 aromatic carbocycles. The monoisotopic (exact) mass is 450 g/mol. The fraction of sp³-hybridized carbons (Fsp3) is 0.346. The molecule has 0 spiro atoms. The average Bonchev–Trinajstić information content (AvgIpc) is 3.17. The molecule has 0 saturated carbocycles. The predicted molar refractivity (Wildman–Crippen MR) is 122 cm³/mol. The van der Waals surface area contributed by atoms with Gasteiger partial charge in [-0.15, -0.1) is 0 Å². The molecule has 2 amide bonds. The normalized spacial score (nSPS) is 23.7. The van der Waals surface area contributed by atoms with E-state index in [1.54, 1.807) is 6.08 Å². The third-order valence-electron chi connectivity index (χ3n) is 6.13. The van der Waals surface area contributed by atoms with Crippen LogP contribution in [0.15, 0.2) is 66.7 Å². The van der Waals surface area contributed by atoms with Gasteiger partial charge in [0, 0.05) is 0 Å². The fourth-order valence-electron chi connectivity index (χ4n) is 4.57. The lowest BCUT2D eigenvalue weighted by Gasteiger charge is -2.52. The Hall–Kier alpha value is -3.48. The first kappa shape index (κ1) is 22.7. The van der Waals surface area contributed by atoms with Crippen LogP contribution in [0, 0.1) is 5.92 Å². The summed E-state index contributed by atoms with van der Waals surface area (Å²) in [6.07, 6.45) is 3.21. The Balaban J connectivity index is 1.69. The van der Waals surface area contributed by atoms with Crippen molar-refractivity contribution in [2.75, 3.05) is 6.61 Å². The summed E-state index contributed by atoms with van der Waals surface area (Å²) < 4.78 is 19.4. The first-order valence-electron chi connectivity index (χ1n) is 11.1. The van der Waals surface area contributed by atoms with Gasteiger partial charge in [0.15, 0.2) is 0 Å². The predicted octanol–water partition coefficient (Wildman–Crippen LogP) is 4.38. The molecule has 2 unspecified atom stereocenters. The van der Waals surface area contributed by atoms with Crippen LogP contribution in [-0.2, 0) is 14.3 Å². The third-order valence-corrected chi connectivity index (χ3v) is 6.13. The van der Waals surface area contributed by atoms with Crippen molar-refractivity contribution in [3.8, 4) is 0 Å². The van der Waals surface area contributed by atoms with E-state index >= 15 is 0 Å². The molecule has 0 N–H and O–H groups in total. The van der Waals surface area contributed by atoms with Gasteiger partial charge in [-0.25, -0.2) is 4.79 Å². The van der Waals surface area contributed by atoms with Crippen molar-refractivity contribution < 1.29 is 23.5 Å². The number of hydrogen-bond donors (Lipinski definition) is 0. The second kappa shape index (κ2) is 9.57. The molecule has 172 valence electrons. The van der Waals surface area contributed by atoms with E-state index in [0.717, 1.165) is 11.1 Å². The van der Waals surface area contributed by atoms with Crippen molar-refractivity contribution >= 4 is 24.1 Å². The number of halogens is 1. The van der Waals surface area contributed by atoms with Crippen LogP contribution in [0.25, 0.3) is 6.08 Å². The largest absolute Gasteiger partial charge is 0.447 e. The maximum absolute atomic E-state index is 14.1. The first-order valence-corrected chi connectivity index (χ1v) is 11.1. The van der Waals surface area contributed by atoms with E-state index in [9.17, 15) is 18.8 Å². The minimum Gasteiger partial charge on any atom is -0.447 e. The molecule has 2 saturated heterocycles. The average molecular weight is 451 g/mol. The van der Waals surface area contributed by atoms with Gasteiger partial charge in [-0.2, -0.15) is 4.39 Å². The second-order valence-electron chi connectivity index (χ2n) is 8.81. The quantitative estimate of drug-likeness (QED) is 0.442. The maximum atomic E-state index is 14.1. The van der Waals surface area contributed by atoms with Crippen LogP contribution in [-0.4, -0.2) is 52.6 Å². The number of hydrogen-bond acceptors (Lipinski definition) is 4. The van der Waals surface area contributed by atoms with Crippen molar-refractivity contribution in [3.63, 3.8) is 0 Å². The second-order valence-corrected chi connectivity index (χ2v) is 8.81. The first-order chi connectivity index (χ1) is 15.9. The van der Waals surface area contributed by atoms with E-state index in [0.29, 0.717) is 0 Å². The summed E-state index contributed by atoms with van der Waals surface area (Å²) in [6, 6.07) is 14.1. The van der Waals surface area contributed by atoms with Crippen LogP contribution < -0.4 is 0 Å². The lowest BCUT2D eigenvalue weighted by Crippen LogP contribution is -2.73. The Morgan fingerprint density at radius 2 is 1.73 bits per heavy atom. The summed E-state index contributed by atoms with van der Waals surface area (Å²) in [5.74, 6) is -0.441. The van der Waals surface area contributed by atoms with Crippen LogP contribution >= 0.6 is 0 Å². The smallest absolute Gasteiger partial charge is 0.411 e. The minimum absolute atomic E-state index is 0.00845. The van der Waals surface area contributed by atoms with Gasteiger partial charge in [-0.3, -0.25) is 14.5 Å². The Bertz CT molecular complexity index is 1040. The number of cyclic esters (lactones) is 1. The molecule has 33 heavy (non-hydrogen) atoms. The van der Waals surface area contributed by atoms with Gasteiger partial charge in [-0.05, 0) is 23.5 Å². The van der Waals surface area contributed by atoms with Crippen molar-refractivity contribution in [2.45, 2.75) is 44.4 Å². The van der Waals surface area contributed by atoms with E-state index in [-0.39, 0.29) is 18.9 Å². The number of nitrogens with zero attached hydrogens (tertiary/aromatic N) is 2. The number of benzene rings is 2. The highest BCUT2D eigenvalue weighted by atomic mass is 19.1. The van der Waals surface area contributed by atoms with Crippen LogP contribution in [0.3, 0.4) is 0 Å². The van der Waals surface area contributed by atoms with Crippen LogP contribution in [0.2, 0.25) is 0 Å². The molecule has 4 atom stereocenters. The molecule has 6 nitrogen and oxygen atoms in total. The number of rotatable bonds is 8. The summed E-state index contributed by atoms with van der Waals surface area (Å²) in [4.78, 5) is 40.6. The lowest BCUT2D eigenvalue weighted by atomic mass is 9.86. The van der Waals surface area contributed by atoms with Crippen molar-refractivity contribution in [3.05, 3.63) is 77.9 Å². The molecule has 2 fully saturated rings. The highest BCUT2D eigenvalue weighted by Crippen LogP contribution is 2.39. The van der Waals surface area contributed by atoms with Gasteiger partial charge in [0.1, 0.15) is 18.7 Å². The molecule has 4 rings (SSSR count). The Kier molecular flexibility index (Phi) is 6.58. The fourth-order valence-corrected chi connectivity index (χ4v) is 4.57. The van der Waals surface area contributed by atoms with Gasteiger partial charge >= 0.3 is 12.1 Å². The molecule has 0 radical (unpaired) electrons. The zero-order valence-corrected chi connectivity index (χ0v) is 18.6. The van der Waals surface area contributed by atoms with Gasteiger partial charge in [0.2, 0.25) is 5.91 Å². The molecular weight excluding hydrogens is 423 g/mol. The molecule has 2 aliphatic heterocycles. The zero-order valence-electron chi connectivity index (χ0n) is 18.6. The Morgan fingerprint density at radius 1 is 1.09 bits per heavy atom. The Labute approximate surface area is 192 Å². The minimum atomic E-state index is -1.54. The van der Waals surface area contributed by atoms with Crippen LogP contribution in [0.4, 0.5) is 9.18 Å². The topological polar surface area (TPSA) is 66.9 Å². The van der Waals surface area contributed by atoms with E-state index in [1.165, 1.54) is 9.80 Å². The summed E-state index contributed by atoms with van der Waals surface area (Å²) in [6.45, 7) is 3.87.